The van der Waals surface area contributed by atoms with E-state index in [1.807, 2.05) is 0 Å². The zero-order chi connectivity index (χ0) is 26.0. The zero-order valence-corrected chi connectivity index (χ0v) is 25.1. The molecule has 5 heteroatoms. The highest BCUT2D eigenvalue weighted by Crippen LogP contribution is 2.25. The molecule has 0 bridgehead atoms. The highest BCUT2D eigenvalue weighted by molar-refractivity contribution is 6.70. The maximum Gasteiger partial charge on any atom is 0.464 e. The Balaban J connectivity index is 4.26. The molecule has 35 heavy (non-hydrogen) atoms. The second-order valence-electron chi connectivity index (χ2n) is 10.5. The predicted molar refractivity (Wildman–Crippen MR) is 152 cm³/mol. The largest absolute Gasteiger partial charge is 0.485 e. The summed E-state index contributed by atoms with van der Waals surface area (Å²) in [4.78, 5) is 25.3. The van der Waals surface area contributed by atoms with E-state index in [-0.39, 0.29) is 11.9 Å². The van der Waals surface area contributed by atoms with Gasteiger partial charge in [0.25, 0.3) is 11.9 Å². The Labute approximate surface area is 220 Å². The third-order valence-corrected chi connectivity index (χ3v) is 10.6. The van der Waals surface area contributed by atoms with Gasteiger partial charge in [-0.3, -0.25) is 9.59 Å². The molecule has 4 nitrogen and oxygen atoms in total. The van der Waals surface area contributed by atoms with Crippen LogP contribution in [-0.4, -0.2) is 20.5 Å². The molecule has 0 heterocycles. The van der Waals surface area contributed by atoms with Crippen molar-refractivity contribution in [3.8, 4) is 0 Å². The minimum Gasteiger partial charge on any atom is -0.485 e. The van der Waals surface area contributed by atoms with E-state index in [9.17, 15) is 9.59 Å². The fourth-order valence-electron chi connectivity index (χ4n) is 4.79. The Bertz CT molecular complexity index is 451. The Kier molecular flexibility index (Phi) is 24.2. The molecule has 0 aliphatic carbocycles. The van der Waals surface area contributed by atoms with Crippen LogP contribution < -0.4 is 0 Å². The van der Waals surface area contributed by atoms with Crippen molar-refractivity contribution in [2.45, 2.75) is 181 Å². The van der Waals surface area contributed by atoms with Crippen LogP contribution in [0.15, 0.2) is 0 Å². The summed E-state index contributed by atoms with van der Waals surface area (Å²) in [6.45, 7) is 8.66. The summed E-state index contributed by atoms with van der Waals surface area (Å²) >= 11 is 0. The van der Waals surface area contributed by atoms with E-state index in [0.717, 1.165) is 38.5 Å². The quantitative estimate of drug-likeness (QED) is 0.0854. The lowest BCUT2D eigenvalue weighted by molar-refractivity contribution is -0.142. The molecular weight excluding hydrogens is 452 g/mol. The lowest BCUT2D eigenvalue weighted by atomic mass is 10.1. The molecule has 0 atom stereocenters. The second-order valence-corrected chi connectivity index (χ2v) is 13.7. The molecule has 0 aromatic rings. The fourth-order valence-corrected chi connectivity index (χ4v) is 8.05. The molecule has 0 radical (unpaired) electrons. The van der Waals surface area contributed by atoms with Crippen molar-refractivity contribution in [3.05, 3.63) is 0 Å². The van der Waals surface area contributed by atoms with Crippen LogP contribution in [0.5, 0.6) is 0 Å². The molecule has 0 rings (SSSR count). The lowest BCUT2D eigenvalue weighted by Gasteiger charge is -2.29. The molecule has 0 unspecified atom stereocenters. The molecule has 0 amide bonds. The average molecular weight is 513 g/mol. The predicted octanol–water partition coefficient (Wildman–Crippen LogP) is 10.2. The molecular formula is C30H60O4Si. The first kappa shape index (κ1) is 34.2. The zero-order valence-electron chi connectivity index (χ0n) is 24.1. The number of carbonyl (C=O) groups excluding carboxylic acids is 2. The number of hydrogen-bond donors (Lipinski definition) is 0. The maximum absolute atomic E-state index is 12.6. The van der Waals surface area contributed by atoms with Crippen molar-refractivity contribution in [2.24, 2.45) is 0 Å². The van der Waals surface area contributed by atoms with Gasteiger partial charge >= 0.3 is 8.56 Å². The standard InChI is InChI=1S/C30H60O4Si/c1-5-9-11-13-15-17-19-21-23-25-29(31)33-35(27-7-3,28-8-4)34-30(32)26-24-22-20-18-16-14-12-10-6-2/h5-28H2,1-4H3. The molecule has 0 aromatic carbocycles. The summed E-state index contributed by atoms with van der Waals surface area (Å²) < 4.78 is 12.0. The summed E-state index contributed by atoms with van der Waals surface area (Å²) in [5.41, 5.74) is 0. The van der Waals surface area contributed by atoms with Gasteiger partial charge in [0.05, 0.1) is 0 Å². The number of hydrogen-bond acceptors (Lipinski definition) is 4. The maximum atomic E-state index is 12.6. The van der Waals surface area contributed by atoms with Crippen molar-refractivity contribution in [1.82, 2.24) is 0 Å². The SMILES string of the molecule is CCCCCCCCCCCC(=O)O[Si](CCC)(CCC)OC(=O)CCCCCCCCCCC. The van der Waals surface area contributed by atoms with E-state index >= 15 is 0 Å². The Morgan fingerprint density at radius 1 is 0.429 bits per heavy atom. The van der Waals surface area contributed by atoms with Gasteiger partial charge in [0, 0.05) is 24.9 Å². The van der Waals surface area contributed by atoms with Gasteiger partial charge in [-0.05, 0) is 12.8 Å². The van der Waals surface area contributed by atoms with E-state index < -0.39 is 8.56 Å². The van der Waals surface area contributed by atoms with Crippen molar-refractivity contribution in [1.29, 1.82) is 0 Å². The molecule has 0 saturated heterocycles. The normalized spacial score (nSPS) is 11.5. The summed E-state index contributed by atoms with van der Waals surface area (Å²) in [6.07, 6.45) is 24.7. The van der Waals surface area contributed by atoms with Crippen molar-refractivity contribution in [3.63, 3.8) is 0 Å². The van der Waals surface area contributed by atoms with E-state index in [0.29, 0.717) is 24.9 Å². The summed E-state index contributed by atoms with van der Waals surface area (Å²) in [5.74, 6) is -0.310. The summed E-state index contributed by atoms with van der Waals surface area (Å²) in [5, 5.41) is 0. The molecule has 0 N–H and O–H groups in total. The molecule has 0 fully saturated rings. The van der Waals surface area contributed by atoms with Crippen LogP contribution in [0, 0.1) is 0 Å². The van der Waals surface area contributed by atoms with Crippen LogP contribution in [0.3, 0.4) is 0 Å². The van der Waals surface area contributed by atoms with Crippen LogP contribution in [0.1, 0.15) is 169 Å². The van der Waals surface area contributed by atoms with Gasteiger partial charge in [-0.2, -0.15) is 0 Å². The second kappa shape index (κ2) is 24.8. The van der Waals surface area contributed by atoms with Crippen LogP contribution in [0.25, 0.3) is 0 Å². The van der Waals surface area contributed by atoms with Gasteiger partial charge in [-0.25, -0.2) is 0 Å². The van der Waals surface area contributed by atoms with E-state index in [2.05, 4.69) is 27.7 Å². The van der Waals surface area contributed by atoms with Gasteiger partial charge in [-0.15, -0.1) is 0 Å². The Morgan fingerprint density at radius 2 is 0.714 bits per heavy atom. The first-order valence-corrected chi connectivity index (χ1v) is 17.7. The third-order valence-electron chi connectivity index (χ3n) is 6.83. The number of carbonyl (C=O) groups is 2. The average Bonchev–Trinajstić information content (AvgIpc) is 2.82. The van der Waals surface area contributed by atoms with Crippen molar-refractivity contribution in [2.75, 3.05) is 0 Å². The molecule has 0 saturated carbocycles. The molecule has 0 aromatic heterocycles. The topological polar surface area (TPSA) is 52.6 Å². The van der Waals surface area contributed by atoms with Gasteiger partial charge < -0.3 is 8.85 Å². The molecule has 0 spiro atoms. The van der Waals surface area contributed by atoms with Crippen LogP contribution in [-0.2, 0) is 18.4 Å². The van der Waals surface area contributed by atoms with E-state index in [1.165, 1.54) is 89.9 Å². The highest BCUT2D eigenvalue weighted by Gasteiger charge is 2.43. The first-order valence-electron chi connectivity index (χ1n) is 15.5. The van der Waals surface area contributed by atoms with Crippen molar-refractivity contribution < 1.29 is 18.4 Å². The number of unbranched alkanes of at least 4 members (excludes halogenated alkanes) is 16. The van der Waals surface area contributed by atoms with Crippen LogP contribution in [0.4, 0.5) is 0 Å². The van der Waals surface area contributed by atoms with Crippen LogP contribution >= 0.6 is 0 Å². The summed E-state index contributed by atoms with van der Waals surface area (Å²) in [7, 11) is -2.81. The van der Waals surface area contributed by atoms with Gasteiger partial charge in [0.15, 0.2) is 0 Å². The van der Waals surface area contributed by atoms with Crippen molar-refractivity contribution >= 4 is 20.5 Å². The fraction of sp³-hybridized carbons (Fsp3) is 0.933. The molecule has 0 aliphatic rings. The van der Waals surface area contributed by atoms with Gasteiger partial charge in [0.2, 0.25) is 0 Å². The van der Waals surface area contributed by atoms with Gasteiger partial charge in [-0.1, -0.05) is 143 Å². The smallest absolute Gasteiger partial charge is 0.464 e. The monoisotopic (exact) mass is 512 g/mol. The first-order chi connectivity index (χ1) is 17.0. The minimum absolute atomic E-state index is 0.155. The highest BCUT2D eigenvalue weighted by atomic mass is 28.4. The van der Waals surface area contributed by atoms with E-state index in [1.54, 1.807) is 0 Å². The van der Waals surface area contributed by atoms with Crippen LogP contribution in [0.2, 0.25) is 12.1 Å². The van der Waals surface area contributed by atoms with E-state index in [4.69, 9.17) is 8.85 Å². The van der Waals surface area contributed by atoms with Gasteiger partial charge in [0.1, 0.15) is 0 Å². The molecule has 208 valence electrons. The third kappa shape index (κ3) is 21.0. The minimum atomic E-state index is -2.81. The Hall–Kier alpha value is -0.843. The lowest BCUT2D eigenvalue weighted by Crippen LogP contribution is -2.45. The molecule has 0 aliphatic heterocycles. The number of rotatable bonds is 26. The summed E-state index contributed by atoms with van der Waals surface area (Å²) in [6, 6.07) is 1.43. The Morgan fingerprint density at radius 3 is 1.00 bits per heavy atom.